The highest BCUT2D eigenvalue weighted by atomic mass is 32.2. The molecular weight excluding hydrogens is 412 g/mol. The summed E-state index contributed by atoms with van der Waals surface area (Å²) in [6, 6.07) is 4.83. The van der Waals surface area contributed by atoms with E-state index in [4.69, 9.17) is 4.74 Å². The van der Waals surface area contributed by atoms with E-state index in [0.29, 0.717) is 36.4 Å². The molecular formula is C24H36N2O4S. The van der Waals surface area contributed by atoms with Crippen LogP contribution >= 0.6 is 0 Å². The van der Waals surface area contributed by atoms with Crippen LogP contribution in [0, 0.1) is 29.6 Å². The normalized spacial score (nSPS) is 32.1. The number of amides is 1. The zero-order chi connectivity index (χ0) is 22.3. The molecule has 2 aliphatic carbocycles. The number of carbonyl (C=O) groups is 1. The van der Waals surface area contributed by atoms with Crippen molar-refractivity contribution in [1.29, 1.82) is 0 Å². The molecule has 4 rings (SSSR count). The highest BCUT2D eigenvalue weighted by Gasteiger charge is 2.42. The van der Waals surface area contributed by atoms with Crippen molar-refractivity contribution in [2.45, 2.75) is 63.8 Å². The zero-order valence-electron chi connectivity index (χ0n) is 19.1. The van der Waals surface area contributed by atoms with Crippen molar-refractivity contribution in [3.8, 4) is 5.75 Å². The lowest BCUT2D eigenvalue weighted by Gasteiger charge is -2.34. The van der Waals surface area contributed by atoms with Crippen molar-refractivity contribution in [3.05, 3.63) is 23.8 Å². The fourth-order valence-electron chi connectivity index (χ4n) is 6.26. The van der Waals surface area contributed by atoms with E-state index in [-0.39, 0.29) is 22.6 Å². The first kappa shape index (κ1) is 22.6. The molecule has 2 bridgehead atoms. The van der Waals surface area contributed by atoms with E-state index in [1.165, 1.54) is 38.9 Å². The van der Waals surface area contributed by atoms with Gasteiger partial charge in [-0.15, -0.1) is 0 Å². The second-order valence-electron chi connectivity index (χ2n) is 10.2. The Morgan fingerprint density at radius 1 is 1.13 bits per heavy atom. The predicted molar refractivity (Wildman–Crippen MR) is 121 cm³/mol. The van der Waals surface area contributed by atoms with Gasteiger partial charge in [-0.3, -0.25) is 4.79 Å². The molecule has 6 unspecified atom stereocenters. The Kier molecular flexibility index (Phi) is 6.37. The van der Waals surface area contributed by atoms with Gasteiger partial charge in [0.1, 0.15) is 10.6 Å². The van der Waals surface area contributed by atoms with E-state index >= 15 is 0 Å². The van der Waals surface area contributed by atoms with Crippen LogP contribution in [0.25, 0.3) is 0 Å². The van der Waals surface area contributed by atoms with Crippen molar-refractivity contribution in [3.63, 3.8) is 0 Å². The molecule has 172 valence electrons. The Bertz CT molecular complexity index is 922. The van der Waals surface area contributed by atoms with E-state index in [1.807, 2.05) is 0 Å². The highest BCUT2D eigenvalue weighted by molar-refractivity contribution is 7.89. The Morgan fingerprint density at radius 2 is 1.84 bits per heavy atom. The van der Waals surface area contributed by atoms with Gasteiger partial charge in [-0.2, -0.15) is 4.31 Å². The molecule has 0 spiro atoms. The number of methoxy groups -OCH3 is 1. The van der Waals surface area contributed by atoms with Crippen LogP contribution in [-0.2, 0) is 10.0 Å². The van der Waals surface area contributed by atoms with E-state index in [2.05, 4.69) is 26.1 Å². The summed E-state index contributed by atoms with van der Waals surface area (Å²) in [4.78, 5) is 13.1. The average molecular weight is 449 g/mol. The van der Waals surface area contributed by atoms with Gasteiger partial charge in [0, 0.05) is 24.7 Å². The number of piperidine rings is 1. The van der Waals surface area contributed by atoms with Gasteiger partial charge in [0.25, 0.3) is 5.91 Å². The number of benzene rings is 1. The van der Waals surface area contributed by atoms with Gasteiger partial charge in [0.15, 0.2) is 0 Å². The van der Waals surface area contributed by atoms with Crippen LogP contribution in [0.2, 0.25) is 0 Å². The van der Waals surface area contributed by atoms with Crippen molar-refractivity contribution in [1.82, 2.24) is 9.62 Å². The number of carbonyl (C=O) groups excluding carboxylic acids is 1. The van der Waals surface area contributed by atoms with E-state index in [1.54, 1.807) is 16.4 Å². The largest absolute Gasteiger partial charge is 0.495 e. The van der Waals surface area contributed by atoms with Gasteiger partial charge >= 0.3 is 0 Å². The molecule has 3 aliphatic rings. The maximum Gasteiger partial charge on any atom is 0.251 e. The molecule has 6 nitrogen and oxygen atoms in total. The average Bonchev–Trinajstić information content (AvgIpc) is 3.36. The molecule has 2 saturated carbocycles. The number of hydrogen-bond donors (Lipinski definition) is 1. The number of sulfonamides is 1. The van der Waals surface area contributed by atoms with Crippen LogP contribution in [0.4, 0.5) is 0 Å². The Hall–Kier alpha value is -1.60. The van der Waals surface area contributed by atoms with Crippen LogP contribution < -0.4 is 10.1 Å². The third-order valence-corrected chi connectivity index (χ3v) is 9.53. The smallest absolute Gasteiger partial charge is 0.251 e. The first-order valence-electron chi connectivity index (χ1n) is 11.7. The van der Waals surface area contributed by atoms with Gasteiger partial charge in [-0.1, -0.05) is 20.3 Å². The van der Waals surface area contributed by atoms with E-state index < -0.39 is 10.0 Å². The van der Waals surface area contributed by atoms with Gasteiger partial charge in [-0.05, 0) is 80.4 Å². The predicted octanol–water partition coefficient (Wildman–Crippen LogP) is 3.92. The van der Waals surface area contributed by atoms with Crippen molar-refractivity contribution in [2.24, 2.45) is 29.6 Å². The van der Waals surface area contributed by atoms with Gasteiger partial charge in [0.2, 0.25) is 10.0 Å². The summed E-state index contributed by atoms with van der Waals surface area (Å²) in [6.45, 7) is 7.23. The molecule has 3 fully saturated rings. The Morgan fingerprint density at radius 3 is 2.42 bits per heavy atom. The maximum atomic E-state index is 13.5. The molecule has 7 heteroatoms. The molecule has 31 heavy (non-hydrogen) atoms. The lowest BCUT2D eigenvalue weighted by molar-refractivity contribution is 0.0915. The van der Waals surface area contributed by atoms with Crippen LogP contribution in [0.1, 0.15) is 63.2 Å². The van der Waals surface area contributed by atoms with Gasteiger partial charge in [-0.25, -0.2) is 8.42 Å². The summed E-state index contributed by atoms with van der Waals surface area (Å²) in [5.74, 6) is 2.74. The topological polar surface area (TPSA) is 75.7 Å². The zero-order valence-corrected chi connectivity index (χ0v) is 20.0. The van der Waals surface area contributed by atoms with Gasteiger partial charge < -0.3 is 10.1 Å². The minimum absolute atomic E-state index is 0.0801. The summed E-state index contributed by atoms with van der Waals surface area (Å²) in [5.41, 5.74) is 0.368. The molecule has 1 aromatic rings. The van der Waals surface area contributed by atoms with Crippen LogP contribution in [0.15, 0.2) is 23.1 Å². The third kappa shape index (κ3) is 4.49. The standard InChI is InChI=1S/C24H36N2O4S/c1-15-9-16(2)14-26(13-15)31(28,29)23-12-20(7-8-22(23)30-4)24(27)25-17(3)21-11-18-5-6-19(21)10-18/h7-8,12,15-19,21H,5-6,9-11,13-14H2,1-4H3,(H,25,27). The fraction of sp³-hybridized carbons (Fsp3) is 0.708. The molecule has 0 aromatic heterocycles. The number of rotatable bonds is 6. The van der Waals surface area contributed by atoms with Crippen molar-refractivity contribution >= 4 is 15.9 Å². The van der Waals surface area contributed by atoms with Crippen LogP contribution in [0.5, 0.6) is 5.75 Å². The highest BCUT2D eigenvalue weighted by Crippen LogP contribution is 2.49. The lowest BCUT2D eigenvalue weighted by Crippen LogP contribution is -2.42. The number of ether oxygens (including phenoxy) is 1. The number of fused-ring (bicyclic) bond motifs is 2. The number of nitrogens with one attached hydrogen (secondary N) is 1. The summed E-state index contributed by atoms with van der Waals surface area (Å²) in [7, 11) is -2.28. The second kappa shape index (κ2) is 8.74. The van der Waals surface area contributed by atoms with Crippen LogP contribution in [-0.4, -0.2) is 44.9 Å². The number of hydrogen-bond acceptors (Lipinski definition) is 4. The number of nitrogens with zero attached hydrogens (tertiary/aromatic N) is 1. The monoisotopic (exact) mass is 448 g/mol. The first-order chi connectivity index (χ1) is 14.7. The maximum absolute atomic E-state index is 13.5. The fourth-order valence-corrected chi connectivity index (χ4v) is 8.13. The summed E-state index contributed by atoms with van der Waals surface area (Å²) in [5, 5.41) is 3.14. The molecule has 1 N–H and O–H groups in total. The molecule has 0 radical (unpaired) electrons. The minimum atomic E-state index is -3.75. The molecule has 1 saturated heterocycles. The molecule has 1 aromatic carbocycles. The van der Waals surface area contributed by atoms with Crippen LogP contribution in [0.3, 0.4) is 0 Å². The summed E-state index contributed by atoms with van der Waals surface area (Å²) in [6.07, 6.45) is 6.11. The molecule has 1 heterocycles. The van der Waals surface area contributed by atoms with Crippen molar-refractivity contribution < 1.29 is 17.9 Å². The Labute approximate surface area is 186 Å². The SMILES string of the molecule is COc1ccc(C(=O)NC(C)C2CC3CCC2C3)cc1S(=O)(=O)N1CC(C)CC(C)C1. The van der Waals surface area contributed by atoms with Crippen molar-refractivity contribution in [2.75, 3.05) is 20.2 Å². The summed E-state index contributed by atoms with van der Waals surface area (Å²) >= 11 is 0. The lowest BCUT2D eigenvalue weighted by atomic mass is 9.84. The van der Waals surface area contributed by atoms with Gasteiger partial charge in [0.05, 0.1) is 7.11 Å². The quantitative estimate of drug-likeness (QED) is 0.716. The molecule has 6 atom stereocenters. The molecule has 1 amide bonds. The summed E-state index contributed by atoms with van der Waals surface area (Å²) < 4.78 is 33.8. The molecule has 1 aliphatic heterocycles. The second-order valence-corrected chi connectivity index (χ2v) is 12.1. The van der Waals surface area contributed by atoms with E-state index in [0.717, 1.165) is 18.3 Å². The Balaban J connectivity index is 1.55. The first-order valence-corrected chi connectivity index (χ1v) is 13.1. The third-order valence-electron chi connectivity index (χ3n) is 7.67. The minimum Gasteiger partial charge on any atom is -0.495 e. The van der Waals surface area contributed by atoms with E-state index in [9.17, 15) is 13.2 Å².